The first-order valence-electron chi connectivity index (χ1n) is 7.99. The molecule has 1 saturated heterocycles. The smallest absolute Gasteiger partial charge is 0.251 e. The molecule has 0 bridgehead atoms. The molecule has 136 valence electrons. The van der Waals surface area contributed by atoms with Crippen LogP contribution in [0.2, 0.25) is 0 Å². The molecule has 1 aromatic rings. The third kappa shape index (κ3) is 6.05. The molecule has 1 amide bonds. The zero-order valence-electron chi connectivity index (χ0n) is 14.0. The summed E-state index contributed by atoms with van der Waals surface area (Å²) in [5.41, 5.74) is 1.41. The minimum absolute atomic E-state index is 0. The van der Waals surface area contributed by atoms with Crippen molar-refractivity contribution < 1.29 is 13.2 Å². The van der Waals surface area contributed by atoms with Crippen molar-refractivity contribution in [1.29, 1.82) is 0 Å². The molecule has 0 aromatic heterocycles. The van der Waals surface area contributed by atoms with E-state index in [1.165, 1.54) is 0 Å². The molecule has 1 aliphatic rings. The molecule has 24 heavy (non-hydrogen) atoms. The summed E-state index contributed by atoms with van der Waals surface area (Å²) >= 11 is 0. The van der Waals surface area contributed by atoms with E-state index in [0.29, 0.717) is 11.5 Å². The molecular weight excluding hydrogens is 350 g/mol. The van der Waals surface area contributed by atoms with Crippen LogP contribution >= 0.6 is 12.4 Å². The molecule has 2 rings (SSSR count). The van der Waals surface area contributed by atoms with Crippen molar-refractivity contribution in [1.82, 2.24) is 15.4 Å². The largest absolute Gasteiger partial charge is 0.348 e. The van der Waals surface area contributed by atoms with Crippen LogP contribution < -0.4 is 15.4 Å². The van der Waals surface area contributed by atoms with Gasteiger partial charge in [-0.25, -0.2) is 13.1 Å². The Hall–Kier alpha value is -1.15. The van der Waals surface area contributed by atoms with Gasteiger partial charge in [0, 0.05) is 24.7 Å². The zero-order valence-corrected chi connectivity index (χ0v) is 15.7. The number of nitrogens with one attached hydrogen (secondary N) is 3. The first-order valence-corrected chi connectivity index (χ1v) is 9.64. The van der Waals surface area contributed by atoms with E-state index in [1.807, 2.05) is 0 Å². The van der Waals surface area contributed by atoms with Crippen LogP contribution in [-0.4, -0.2) is 39.2 Å². The number of piperidine rings is 1. The highest BCUT2D eigenvalue weighted by molar-refractivity contribution is 7.89. The Morgan fingerprint density at radius 3 is 2.54 bits per heavy atom. The first kappa shape index (κ1) is 20.9. The Morgan fingerprint density at radius 2 is 1.96 bits per heavy atom. The minimum Gasteiger partial charge on any atom is -0.348 e. The van der Waals surface area contributed by atoms with Crippen LogP contribution in [0.3, 0.4) is 0 Å². The molecule has 1 aromatic carbocycles. The monoisotopic (exact) mass is 375 g/mol. The predicted molar refractivity (Wildman–Crippen MR) is 97.9 cm³/mol. The molecule has 1 aliphatic heterocycles. The van der Waals surface area contributed by atoms with Gasteiger partial charge in [0.15, 0.2) is 0 Å². The summed E-state index contributed by atoms with van der Waals surface area (Å²) in [6, 6.07) is 7.15. The highest BCUT2D eigenvalue weighted by Gasteiger charge is 2.22. The number of sulfonamides is 1. The summed E-state index contributed by atoms with van der Waals surface area (Å²) in [6.07, 6.45) is 1.06. The van der Waals surface area contributed by atoms with Gasteiger partial charge in [-0.3, -0.25) is 4.79 Å². The Morgan fingerprint density at radius 1 is 1.29 bits per heavy atom. The Balaban J connectivity index is 0.00000288. The lowest BCUT2D eigenvalue weighted by Gasteiger charge is -2.30. The Bertz CT molecular complexity index is 634. The summed E-state index contributed by atoms with van der Waals surface area (Å²) in [5.74, 6) is 0.426. The third-order valence-electron chi connectivity index (χ3n) is 4.24. The molecule has 0 radical (unpaired) electrons. The van der Waals surface area contributed by atoms with E-state index in [1.54, 1.807) is 31.2 Å². The molecule has 2 atom stereocenters. The third-order valence-corrected chi connectivity index (χ3v) is 5.58. The summed E-state index contributed by atoms with van der Waals surface area (Å²) < 4.78 is 25.3. The number of carbonyl (C=O) groups excluding carboxylic acids is 1. The topological polar surface area (TPSA) is 87.3 Å². The van der Waals surface area contributed by atoms with E-state index < -0.39 is 10.0 Å². The number of carbonyl (C=O) groups is 1. The van der Waals surface area contributed by atoms with E-state index in [0.717, 1.165) is 25.1 Å². The van der Waals surface area contributed by atoms with Crippen LogP contribution in [0.15, 0.2) is 24.3 Å². The summed E-state index contributed by atoms with van der Waals surface area (Å²) in [7, 11) is -3.21. The van der Waals surface area contributed by atoms with E-state index in [9.17, 15) is 13.2 Å². The van der Waals surface area contributed by atoms with Crippen molar-refractivity contribution in [3.63, 3.8) is 0 Å². The summed E-state index contributed by atoms with van der Waals surface area (Å²) in [4.78, 5) is 12.3. The molecule has 2 unspecified atom stereocenters. The van der Waals surface area contributed by atoms with Gasteiger partial charge in [0.1, 0.15) is 0 Å². The van der Waals surface area contributed by atoms with Crippen LogP contribution in [0.5, 0.6) is 0 Å². The van der Waals surface area contributed by atoms with Crippen molar-refractivity contribution in [2.45, 2.75) is 32.9 Å². The molecule has 3 N–H and O–H groups in total. The number of hydrogen-bond acceptors (Lipinski definition) is 4. The standard InChI is InChI=1S/C16H25N3O3S.ClH/c1-3-23(21,22)18-10-13-4-6-14(7-5-13)16(20)19-15-11-17-9-8-12(15)2;/h4-7,12,15,17-18H,3,8-11H2,1-2H3,(H,19,20);1H. The molecule has 6 nitrogen and oxygen atoms in total. The van der Waals surface area contributed by atoms with Gasteiger partial charge in [-0.15, -0.1) is 12.4 Å². The van der Waals surface area contributed by atoms with Crippen molar-refractivity contribution in [3.8, 4) is 0 Å². The summed E-state index contributed by atoms with van der Waals surface area (Å²) in [5, 5.41) is 6.34. The number of hydrogen-bond donors (Lipinski definition) is 3. The van der Waals surface area contributed by atoms with Gasteiger partial charge in [0.05, 0.1) is 5.75 Å². The second-order valence-electron chi connectivity index (χ2n) is 5.97. The summed E-state index contributed by atoms with van der Waals surface area (Å²) in [6.45, 7) is 5.77. The van der Waals surface area contributed by atoms with E-state index in [-0.39, 0.29) is 36.7 Å². The maximum Gasteiger partial charge on any atom is 0.251 e. The minimum atomic E-state index is -3.21. The predicted octanol–water partition coefficient (Wildman–Crippen LogP) is 1.28. The van der Waals surface area contributed by atoms with E-state index in [4.69, 9.17) is 0 Å². The molecular formula is C16H26ClN3O3S. The van der Waals surface area contributed by atoms with Crippen LogP contribution in [-0.2, 0) is 16.6 Å². The number of amides is 1. The highest BCUT2D eigenvalue weighted by atomic mass is 35.5. The van der Waals surface area contributed by atoms with Crippen LogP contribution in [0, 0.1) is 5.92 Å². The van der Waals surface area contributed by atoms with Gasteiger partial charge in [0.2, 0.25) is 10.0 Å². The maximum absolute atomic E-state index is 12.3. The first-order chi connectivity index (χ1) is 10.9. The molecule has 0 aliphatic carbocycles. The van der Waals surface area contributed by atoms with Gasteiger partial charge in [-0.05, 0) is 43.5 Å². The fraction of sp³-hybridized carbons (Fsp3) is 0.562. The van der Waals surface area contributed by atoms with E-state index in [2.05, 4.69) is 22.3 Å². The molecule has 0 saturated carbocycles. The maximum atomic E-state index is 12.3. The molecule has 1 fully saturated rings. The lowest BCUT2D eigenvalue weighted by atomic mass is 9.94. The van der Waals surface area contributed by atoms with Crippen molar-refractivity contribution in [2.75, 3.05) is 18.8 Å². The second kappa shape index (κ2) is 9.36. The quantitative estimate of drug-likeness (QED) is 0.698. The molecule has 8 heteroatoms. The lowest BCUT2D eigenvalue weighted by molar-refractivity contribution is 0.0915. The highest BCUT2D eigenvalue weighted by Crippen LogP contribution is 2.12. The SMILES string of the molecule is CCS(=O)(=O)NCc1ccc(C(=O)NC2CNCCC2C)cc1.Cl. The van der Waals surface area contributed by atoms with Gasteiger partial charge >= 0.3 is 0 Å². The number of halogens is 1. The van der Waals surface area contributed by atoms with Crippen LogP contribution in [0.1, 0.15) is 36.2 Å². The molecule has 1 heterocycles. The Kier molecular flexibility index (Phi) is 8.15. The molecule has 0 spiro atoms. The Labute approximate surface area is 150 Å². The fourth-order valence-electron chi connectivity index (χ4n) is 2.50. The average molecular weight is 376 g/mol. The van der Waals surface area contributed by atoms with Gasteiger partial charge in [-0.2, -0.15) is 0 Å². The lowest BCUT2D eigenvalue weighted by Crippen LogP contribution is -2.50. The van der Waals surface area contributed by atoms with Gasteiger partial charge in [-0.1, -0.05) is 19.1 Å². The zero-order chi connectivity index (χ0) is 16.9. The van der Waals surface area contributed by atoms with Crippen molar-refractivity contribution in [3.05, 3.63) is 35.4 Å². The van der Waals surface area contributed by atoms with Gasteiger partial charge < -0.3 is 10.6 Å². The average Bonchev–Trinajstić information content (AvgIpc) is 2.55. The van der Waals surface area contributed by atoms with E-state index >= 15 is 0 Å². The number of rotatable bonds is 6. The number of benzene rings is 1. The fourth-order valence-corrected chi connectivity index (χ4v) is 3.09. The van der Waals surface area contributed by atoms with Crippen LogP contribution in [0.4, 0.5) is 0 Å². The van der Waals surface area contributed by atoms with Crippen LogP contribution in [0.25, 0.3) is 0 Å². The second-order valence-corrected chi connectivity index (χ2v) is 8.07. The van der Waals surface area contributed by atoms with Gasteiger partial charge in [0.25, 0.3) is 5.91 Å². The normalized spacial score (nSPS) is 20.9. The van der Waals surface area contributed by atoms with Crippen molar-refractivity contribution in [2.24, 2.45) is 5.92 Å². The van der Waals surface area contributed by atoms with Crippen molar-refractivity contribution >= 4 is 28.3 Å².